The van der Waals surface area contributed by atoms with Gasteiger partial charge in [-0.15, -0.1) is 0 Å². The van der Waals surface area contributed by atoms with Crippen LogP contribution in [0.15, 0.2) is 0 Å². The van der Waals surface area contributed by atoms with Crippen LogP contribution >= 0.6 is 0 Å². The third kappa shape index (κ3) is 3.95. The normalized spacial score (nSPS) is 18.9. The smallest absolute Gasteiger partial charge is 0.0587 e. The second-order valence-corrected chi connectivity index (χ2v) is 4.51. The molecule has 0 aromatic heterocycles. The van der Waals surface area contributed by atoms with Gasteiger partial charge < -0.3 is 15.0 Å². The van der Waals surface area contributed by atoms with Crippen LogP contribution in [0, 0.1) is 11.8 Å². The fourth-order valence-corrected chi connectivity index (χ4v) is 1.75. The third-order valence-corrected chi connectivity index (χ3v) is 3.02. The van der Waals surface area contributed by atoms with E-state index in [-0.39, 0.29) is 0 Å². The summed E-state index contributed by atoms with van der Waals surface area (Å²) >= 11 is 0. The van der Waals surface area contributed by atoms with Crippen LogP contribution in [0.1, 0.15) is 13.8 Å². The molecule has 0 unspecified atom stereocenters. The summed E-state index contributed by atoms with van der Waals surface area (Å²) in [5.74, 6) is 1.79. The first-order valence-electron chi connectivity index (χ1n) is 5.66. The van der Waals surface area contributed by atoms with Gasteiger partial charge in [0.25, 0.3) is 0 Å². The van der Waals surface area contributed by atoms with Crippen LogP contribution in [-0.2, 0) is 4.74 Å². The average Bonchev–Trinajstić information content (AvgIpc) is 2.06. The number of likely N-dealkylation sites (tertiary alicyclic amines) is 1. The molecule has 1 N–H and O–H groups in total. The summed E-state index contributed by atoms with van der Waals surface area (Å²) in [6, 6.07) is 0. The molecule has 1 rings (SSSR count). The molecule has 0 radical (unpaired) electrons. The van der Waals surface area contributed by atoms with Crippen LogP contribution in [-0.4, -0.2) is 51.3 Å². The summed E-state index contributed by atoms with van der Waals surface area (Å²) < 4.78 is 4.96. The van der Waals surface area contributed by atoms with Crippen LogP contribution in [0.3, 0.4) is 0 Å². The van der Waals surface area contributed by atoms with E-state index in [4.69, 9.17) is 4.74 Å². The second kappa shape index (κ2) is 6.38. The maximum Gasteiger partial charge on any atom is 0.0587 e. The molecule has 0 aromatic rings. The quantitative estimate of drug-likeness (QED) is 0.616. The standard InChI is InChI=1S/C11H24N2O/c1-10(2)11-8-13(9-11)6-4-12-5-7-14-3/h10-12H,4-9H2,1-3H3. The van der Waals surface area contributed by atoms with Crippen LogP contribution in [0.25, 0.3) is 0 Å². The van der Waals surface area contributed by atoms with Gasteiger partial charge in [-0.05, 0) is 11.8 Å². The van der Waals surface area contributed by atoms with Gasteiger partial charge in [-0.2, -0.15) is 0 Å². The predicted molar refractivity (Wildman–Crippen MR) is 59.5 cm³/mol. The molecule has 1 heterocycles. The molecule has 1 fully saturated rings. The molecular weight excluding hydrogens is 176 g/mol. The van der Waals surface area contributed by atoms with E-state index in [1.165, 1.54) is 19.6 Å². The molecule has 3 heteroatoms. The number of nitrogens with zero attached hydrogens (tertiary/aromatic N) is 1. The predicted octanol–water partition coefficient (Wildman–Crippen LogP) is 0.810. The number of ether oxygens (including phenoxy) is 1. The first-order chi connectivity index (χ1) is 6.74. The summed E-state index contributed by atoms with van der Waals surface area (Å²) in [6.07, 6.45) is 0. The van der Waals surface area contributed by atoms with Gasteiger partial charge in [-0.25, -0.2) is 0 Å². The van der Waals surface area contributed by atoms with E-state index in [1.807, 2.05) is 0 Å². The van der Waals surface area contributed by atoms with E-state index in [1.54, 1.807) is 7.11 Å². The van der Waals surface area contributed by atoms with Crippen LogP contribution < -0.4 is 5.32 Å². The number of nitrogens with one attached hydrogen (secondary N) is 1. The van der Waals surface area contributed by atoms with Crippen molar-refractivity contribution < 1.29 is 4.74 Å². The molecule has 0 amide bonds. The zero-order valence-corrected chi connectivity index (χ0v) is 9.75. The van der Waals surface area contributed by atoms with Crippen molar-refractivity contribution in [2.24, 2.45) is 11.8 Å². The lowest BCUT2D eigenvalue weighted by Gasteiger charge is -2.41. The van der Waals surface area contributed by atoms with E-state index >= 15 is 0 Å². The lowest BCUT2D eigenvalue weighted by atomic mass is 9.88. The molecule has 1 aliphatic heterocycles. The number of rotatable bonds is 7. The molecule has 0 bridgehead atoms. The summed E-state index contributed by atoms with van der Waals surface area (Å²) in [5, 5.41) is 3.36. The molecule has 0 aromatic carbocycles. The molecule has 0 spiro atoms. The van der Waals surface area contributed by atoms with Gasteiger partial charge in [0.2, 0.25) is 0 Å². The van der Waals surface area contributed by atoms with Crippen LogP contribution in [0.5, 0.6) is 0 Å². The minimum Gasteiger partial charge on any atom is -0.383 e. The van der Waals surface area contributed by atoms with E-state index in [0.29, 0.717) is 0 Å². The fraction of sp³-hybridized carbons (Fsp3) is 1.00. The first-order valence-corrected chi connectivity index (χ1v) is 5.66. The minimum absolute atomic E-state index is 0.814. The second-order valence-electron chi connectivity index (χ2n) is 4.51. The summed E-state index contributed by atoms with van der Waals surface area (Å²) in [6.45, 7) is 11.3. The highest BCUT2D eigenvalue weighted by atomic mass is 16.5. The van der Waals surface area contributed by atoms with Crippen LogP contribution in [0.2, 0.25) is 0 Å². The van der Waals surface area contributed by atoms with E-state index in [0.717, 1.165) is 31.5 Å². The van der Waals surface area contributed by atoms with Crippen molar-refractivity contribution in [1.29, 1.82) is 0 Å². The van der Waals surface area contributed by atoms with Crippen molar-refractivity contribution in [2.45, 2.75) is 13.8 Å². The van der Waals surface area contributed by atoms with Crippen molar-refractivity contribution in [1.82, 2.24) is 10.2 Å². The lowest BCUT2D eigenvalue weighted by molar-refractivity contribution is 0.0692. The molecule has 0 atom stereocenters. The SMILES string of the molecule is COCCNCCN1CC(C(C)C)C1. The maximum atomic E-state index is 4.96. The summed E-state index contributed by atoms with van der Waals surface area (Å²) in [7, 11) is 1.74. The largest absolute Gasteiger partial charge is 0.383 e. The lowest BCUT2D eigenvalue weighted by Crippen LogP contribution is -2.51. The Labute approximate surface area is 87.8 Å². The molecule has 0 aliphatic carbocycles. The van der Waals surface area contributed by atoms with E-state index in [9.17, 15) is 0 Å². The third-order valence-electron chi connectivity index (χ3n) is 3.02. The Balaban J connectivity index is 1.86. The summed E-state index contributed by atoms with van der Waals surface area (Å²) in [5.41, 5.74) is 0. The van der Waals surface area contributed by atoms with Gasteiger partial charge in [-0.3, -0.25) is 0 Å². The fourth-order valence-electron chi connectivity index (χ4n) is 1.75. The summed E-state index contributed by atoms with van der Waals surface area (Å²) in [4.78, 5) is 2.52. The molecule has 1 aliphatic rings. The highest BCUT2D eigenvalue weighted by molar-refractivity contribution is 4.81. The molecule has 0 saturated carbocycles. The van der Waals surface area contributed by atoms with Crippen molar-refractivity contribution in [2.75, 3.05) is 46.4 Å². The van der Waals surface area contributed by atoms with Crippen molar-refractivity contribution in [3.8, 4) is 0 Å². The molecule has 3 nitrogen and oxygen atoms in total. The van der Waals surface area contributed by atoms with Crippen molar-refractivity contribution >= 4 is 0 Å². The highest BCUT2D eigenvalue weighted by Gasteiger charge is 2.27. The van der Waals surface area contributed by atoms with Crippen LogP contribution in [0.4, 0.5) is 0 Å². The molecule has 14 heavy (non-hydrogen) atoms. The van der Waals surface area contributed by atoms with E-state index in [2.05, 4.69) is 24.1 Å². The Morgan fingerprint density at radius 1 is 1.36 bits per heavy atom. The van der Waals surface area contributed by atoms with Gasteiger partial charge in [0.15, 0.2) is 0 Å². The monoisotopic (exact) mass is 200 g/mol. The Hall–Kier alpha value is -0.120. The average molecular weight is 200 g/mol. The minimum atomic E-state index is 0.814. The Bertz CT molecular complexity index is 144. The molecule has 84 valence electrons. The van der Waals surface area contributed by atoms with Gasteiger partial charge in [0, 0.05) is 39.8 Å². The zero-order chi connectivity index (χ0) is 10.4. The number of hydrogen-bond donors (Lipinski definition) is 1. The van der Waals surface area contributed by atoms with Crippen molar-refractivity contribution in [3.05, 3.63) is 0 Å². The van der Waals surface area contributed by atoms with Crippen molar-refractivity contribution in [3.63, 3.8) is 0 Å². The maximum absolute atomic E-state index is 4.96. The number of methoxy groups -OCH3 is 1. The Morgan fingerprint density at radius 2 is 2.07 bits per heavy atom. The first kappa shape index (κ1) is 12.0. The number of hydrogen-bond acceptors (Lipinski definition) is 3. The topological polar surface area (TPSA) is 24.5 Å². The Kier molecular flexibility index (Phi) is 5.45. The van der Waals surface area contributed by atoms with E-state index < -0.39 is 0 Å². The highest BCUT2D eigenvalue weighted by Crippen LogP contribution is 2.22. The Morgan fingerprint density at radius 3 is 2.64 bits per heavy atom. The van der Waals surface area contributed by atoms with Gasteiger partial charge >= 0.3 is 0 Å². The molecular formula is C11H24N2O. The molecule has 1 saturated heterocycles. The van der Waals surface area contributed by atoms with Gasteiger partial charge in [-0.1, -0.05) is 13.8 Å². The van der Waals surface area contributed by atoms with Gasteiger partial charge in [0.05, 0.1) is 6.61 Å². The zero-order valence-electron chi connectivity index (χ0n) is 9.75. The van der Waals surface area contributed by atoms with Gasteiger partial charge in [0.1, 0.15) is 0 Å².